The normalized spacial score (nSPS) is 14.7. The molecule has 0 aromatic heterocycles. The molecule has 1 heteroatoms. The zero-order valence-electron chi connectivity index (χ0n) is 7.85. The molecule has 0 aliphatic heterocycles. The molecule has 0 bridgehead atoms. The van der Waals surface area contributed by atoms with Crippen LogP contribution in [0.5, 0.6) is 0 Å². The number of rotatable bonds is 4. The van der Waals surface area contributed by atoms with E-state index in [4.69, 9.17) is 0 Å². The predicted octanol–water partition coefficient (Wildman–Crippen LogP) is 3.56. The van der Waals surface area contributed by atoms with Crippen molar-refractivity contribution in [3.8, 4) is 0 Å². The van der Waals surface area contributed by atoms with Crippen LogP contribution in [0.1, 0.15) is 41.0 Å². The highest BCUT2D eigenvalue weighted by Gasteiger charge is 2.06. The lowest BCUT2D eigenvalue weighted by Gasteiger charge is -2.15. The van der Waals surface area contributed by atoms with E-state index in [1.807, 2.05) is 0 Å². The Bertz CT molecular complexity index is 66.8. The van der Waals surface area contributed by atoms with E-state index in [0.29, 0.717) is 0 Å². The van der Waals surface area contributed by atoms with Gasteiger partial charge in [-0.05, 0) is 17.6 Å². The molecule has 0 aromatic rings. The van der Waals surface area contributed by atoms with Crippen LogP contribution in [0.4, 0.5) is 0 Å². The summed E-state index contributed by atoms with van der Waals surface area (Å²) in [4.78, 5) is 0. The van der Waals surface area contributed by atoms with E-state index < -0.39 is 0 Å². The summed E-state index contributed by atoms with van der Waals surface area (Å²) >= 11 is 2.08. The Kier molecular flexibility index (Phi) is 5.24. The third kappa shape index (κ3) is 6.47. The average molecular weight is 160 g/mol. The van der Waals surface area contributed by atoms with Crippen molar-refractivity contribution in [1.82, 2.24) is 0 Å². The second-order valence-electron chi connectivity index (χ2n) is 3.63. The van der Waals surface area contributed by atoms with Crippen LogP contribution < -0.4 is 0 Å². The van der Waals surface area contributed by atoms with Crippen LogP contribution in [0.2, 0.25) is 0 Å². The third-order valence-electron chi connectivity index (χ3n) is 1.31. The van der Waals surface area contributed by atoms with Gasteiger partial charge in [0.05, 0.1) is 0 Å². The summed E-state index contributed by atoms with van der Waals surface area (Å²) in [7, 11) is 0. The average Bonchev–Trinajstić information content (AvgIpc) is 1.58. The van der Waals surface area contributed by atoms with Crippen molar-refractivity contribution in [2.24, 2.45) is 5.92 Å². The maximum absolute atomic E-state index is 2.32. The SMILES string of the molecule is CC(C)C[C@H](C)SC(C)C. The van der Waals surface area contributed by atoms with Crippen LogP contribution in [0, 0.1) is 5.92 Å². The van der Waals surface area contributed by atoms with Gasteiger partial charge in [0.15, 0.2) is 0 Å². The molecule has 0 aliphatic rings. The maximum Gasteiger partial charge on any atom is 0.00237 e. The fraction of sp³-hybridized carbons (Fsp3) is 1.00. The standard InChI is InChI=1S/C9H20S/c1-7(2)6-9(5)10-8(3)4/h7-9H,6H2,1-5H3/t9-/m0/s1. The van der Waals surface area contributed by atoms with Crippen LogP contribution in [0.25, 0.3) is 0 Å². The molecule has 1 atom stereocenters. The number of hydrogen-bond acceptors (Lipinski definition) is 1. The lowest BCUT2D eigenvalue weighted by atomic mass is 10.1. The highest BCUT2D eigenvalue weighted by atomic mass is 32.2. The van der Waals surface area contributed by atoms with Crippen molar-refractivity contribution in [3.05, 3.63) is 0 Å². The van der Waals surface area contributed by atoms with E-state index in [9.17, 15) is 0 Å². The minimum Gasteiger partial charge on any atom is -0.156 e. The summed E-state index contributed by atoms with van der Waals surface area (Å²) in [6.45, 7) is 11.4. The van der Waals surface area contributed by atoms with Crippen molar-refractivity contribution >= 4 is 11.8 Å². The Balaban J connectivity index is 3.34. The highest BCUT2D eigenvalue weighted by Crippen LogP contribution is 2.22. The van der Waals surface area contributed by atoms with Gasteiger partial charge in [0.1, 0.15) is 0 Å². The van der Waals surface area contributed by atoms with Crippen molar-refractivity contribution in [3.63, 3.8) is 0 Å². The summed E-state index contributed by atoms with van der Waals surface area (Å²) in [5.41, 5.74) is 0. The molecule has 0 heterocycles. The van der Waals surface area contributed by atoms with Crippen LogP contribution in [0.3, 0.4) is 0 Å². The molecule has 0 spiro atoms. The summed E-state index contributed by atoms with van der Waals surface area (Å²) in [5, 5.41) is 1.62. The van der Waals surface area contributed by atoms with Gasteiger partial charge in [0.2, 0.25) is 0 Å². The van der Waals surface area contributed by atoms with E-state index in [0.717, 1.165) is 16.4 Å². The van der Waals surface area contributed by atoms with Gasteiger partial charge in [-0.25, -0.2) is 0 Å². The first kappa shape index (κ1) is 10.3. The van der Waals surface area contributed by atoms with Gasteiger partial charge in [0, 0.05) is 5.25 Å². The second kappa shape index (κ2) is 5.06. The first-order chi connectivity index (χ1) is 4.52. The molecule has 10 heavy (non-hydrogen) atoms. The number of thioether (sulfide) groups is 1. The lowest BCUT2D eigenvalue weighted by Crippen LogP contribution is -2.04. The lowest BCUT2D eigenvalue weighted by molar-refractivity contribution is 0.584. The Labute approximate surface area is 69.8 Å². The van der Waals surface area contributed by atoms with Crippen molar-refractivity contribution in [1.29, 1.82) is 0 Å². The van der Waals surface area contributed by atoms with Crippen LogP contribution >= 0.6 is 11.8 Å². The molecule has 0 N–H and O–H groups in total. The third-order valence-corrected chi connectivity index (χ3v) is 2.51. The van der Waals surface area contributed by atoms with Gasteiger partial charge in [-0.1, -0.05) is 34.6 Å². The molecular weight excluding hydrogens is 140 g/mol. The number of hydrogen-bond donors (Lipinski definition) is 0. The molecule has 0 unspecified atom stereocenters. The second-order valence-corrected chi connectivity index (χ2v) is 5.64. The first-order valence-corrected chi connectivity index (χ1v) is 5.12. The van der Waals surface area contributed by atoms with E-state index in [1.54, 1.807) is 0 Å². The van der Waals surface area contributed by atoms with Gasteiger partial charge in [-0.2, -0.15) is 11.8 Å². The monoisotopic (exact) mass is 160 g/mol. The van der Waals surface area contributed by atoms with Gasteiger partial charge in [-0.15, -0.1) is 0 Å². The largest absolute Gasteiger partial charge is 0.156 e. The van der Waals surface area contributed by atoms with E-state index in [-0.39, 0.29) is 0 Å². The zero-order valence-corrected chi connectivity index (χ0v) is 8.66. The zero-order chi connectivity index (χ0) is 8.15. The van der Waals surface area contributed by atoms with Gasteiger partial charge in [0.25, 0.3) is 0 Å². The Morgan fingerprint density at radius 3 is 1.80 bits per heavy atom. The van der Waals surface area contributed by atoms with Gasteiger partial charge >= 0.3 is 0 Å². The predicted molar refractivity (Wildman–Crippen MR) is 51.6 cm³/mol. The minimum absolute atomic E-state index is 0.786. The molecule has 62 valence electrons. The van der Waals surface area contributed by atoms with E-state index in [1.165, 1.54) is 6.42 Å². The maximum atomic E-state index is 2.32. The van der Waals surface area contributed by atoms with Crippen molar-refractivity contribution in [2.75, 3.05) is 0 Å². The van der Waals surface area contributed by atoms with Crippen molar-refractivity contribution in [2.45, 2.75) is 51.5 Å². The Hall–Kier alpha value is 0.350. The van der Waals surface area contributed by atoms with Gasteiger partial charge < -0.3 is 0 Å². The first-order valence-electron chi connectivity index (χ1n) is 4.17. The quantitative estimate of drug-likeness (QED) is 0.606. The minimum atomic E-state index is 0.786. The summed E-state index contributed by atoms with van der Waals surface area (Å²) in [5.74, 6) is 0.848. The van der Waals surface area contributed by atoms with Crippen LogP contribution in [-0.4, -0.2) is 10.5 Å². The molecule has 0 saturated carbocycles. The topological polar surface area (TPSA) is 0 Å². The Morgan fingerprint density at radius 2 is 1.50 bits per heavy atom. The molecule has 0 aliphatic carbocycles. The fourth-order valence-corrected chi connectivity index (χ4v) is 2.61. The summed E-state index contributed by atoms with van der Waals surface area (Å²) in [6, 6.07) is 0. The molecule has 0 fully saturated rings. The van der Waals surface area contributed by atoms with Crippen molar-refractivity contribution < 1.29 is 0 Å². The van der Waals surface area contributed by atoms with Gasteiger partial charge in [-0.3, -0.25) is 0 Å². The Morgan fingerprint density at radius 1 is 1.00 bits per heavy atom. The smallest absolute Gasteiger partial charge is 0.00237 e. The van der Waals surface area contributed by atoms with E-state index in [2.05, 4.69) is 46.4 Å². The molecule has 0 rings (SSSR count). The fourth-order valence-electron chi connectivity index (χ4n) is 1.18. The summed E-state index contributed by atoms with van der Waals surface area (Å²) in [6.07, 6.45) is 1.35. The molecule has 0 aromatic carbocycles. The molecule has 0 saturated heterocycles. The molecular formula is C9H20S. The highest BCUT2D eigenvalue weighted by molar-refractivity contribution is 8.00. The molecule has 0 amide bonds. The molecule has 0 nitrogen and oxygen atoms in total. The van der Waals surface area contributed by atoms with Crippen LogP contribution in [-0.2, 0) is 0 Å². The summed E-state index contributed by atoms with van der Waals surface area (Å²) < 4.78 is 0. The van der Waals surface area contributed by atoms with Crippen LogP contribution in [0.15, 0.2) is 0 Å². The van der Waals surface area contributed by atoms with E-state index >= 15 is 0 Å². The molecule has 0 radical (unpaired) electrons.